The molecule has 0 radical (unpaired) electrons. The third-order valence-corrected chi connectivity index (χ3v) is 3.10. The minimum atomic E-state index is -0.314. The van der Waals surface area contributed by atoms with E-state index in [2.05, 4.69) is 10.6 Å². The van der Waals surface area contributed by atoms with E-state index >= 15 is 0 Å². The predicted molar refractivity (Wildman–Crippen MR) is 75.0 cm³/mol. The van der Waals surface area contributed by atoms with E-state index in [4.69, 9.17) is 8.83 Å². The molecule has 2 atom stereocenters. The van der Waals surface area contributed by atoms with E-state index in [0.717, 1.165) is 17.3 Å². The van der Waals surface area contributed by atoms with Gasteiger partial charge >= 0.3 is 0 Å². The van der Waals surface area contributed by atoms with Crippen molar-refractivity contribution in [2.24, 2.45) is 0 Å². The first-order chi connectivity index (χ1) is 9.56. The molecule has 0 bridgehead atoms. The summed E-state index contributed by atoms with van der Waals surface area (Å²) in [5.41, 5.74) is 0. The lowest BCUT2D eigenvalue weighted by molar-refractivity contribution is -0.123. The van der Waals surface area contributed by atoms with E-state index in [1.54, 1.807) is 12.3 Å². The molecule has 0 saturated carbocycles. The first-order valence-corrected chi connectivity index (χ1v) is 6.68. The van der Waals surface area contributed by atoms with Crippen LogP contribution in [0.15, 0.2) is 39.4 Å². The molecule has 2 heterocycles. The van der Waals surface area contributed by atoms with E-state index in [-0.39, 0.29) is 18.0 Å². The highest BCUT2D eigenvalue weighted by molar-refractivity contribution is 5.81. The molecule has 0 saturated heterocycles. The van der Waals surface area contributed by atoms with Crippen molar-refractivity contribution in [1.82, 2.24) is 10.6 Å². The van der Waals surface area contributed by atoms with Gasteiger partial charge in [0, 0.05) is 0 Å². The molecule has 0 aliphatic rings. The number of nitrogens with one attached hydrogen (secondary N) is 2. The average molecular weight is 276 g/mol. The SMILES string of the molecule is Cc1ccc(C(C)NC(C)C(=O)NCc2ccco2)o1. The van der Waals surface area contributed by atoms with Crippen LogP contribution in [0.25, 0.3) is 0 Å². The minimum Gasteiger partial charge on any atom is -0.467 e. The fourth-order valence-corrected chi connectivity index (χ4v) is 1.96. The van der Waals surface area contributed by atoms with Gasteiger partial charge in [-0.1, -0.05) is 0 Å². The predicted octanol–water partition coefficient (Wildman–Crippen LogP) is 2.54. The lowest BCUT2D eigenvalue weighted by Gasteiger charge is -2.17. The Morgan fingerprint density at radius 3 is 2.70 bits per heavy atom. The molecule has 2 aromatic heterocycles. The van der Waals surface area contributed by atoms with Gasteiger partial charge in [0.15, 0.2) is 0 Å². The van der Waals surface area contributed by atoms with Gasteiger partial charge < -0.3 is 14.2 Å². The minimum absolute atomic E-state index is 0.0203. The fraction of sp³-hybridized carbons (Fsp3) is 0.400. The highest BCUT2D eigenvalue weighted by atomic mass is 16.3. The number of hydrogen-bond donors (Lipinski definition) is 2. The lowest BCUT2D eigenvalue weighted by atomic mass is 10.2. The van der Waals surface area contributed by atoms with Gasteiger partial charge in [0.25, 0.3) is 0 Å². The highest BCUT2D eigenvalue weighted by Gasteiger charge is 2.17. The van der Waals surface area contributed by atoms with Crippen LogP contribution in [0.4, 0.5) is 0 Å². The first kappa shape index (κ1) is 14.4. The van der Waals surface area contributed by atoms with Gasteiger partial charge in [-0.15, -0.1) is 0 Å². The molecule has 0 spiro atoms. The second kappa shape index (κ2) is 6.43. The highest BCUT2D eigenvalue weighted by Crippen LogP contribution is 2.16. The topological polar surface area (TPSA) is 67.4 Å². The van der Waals surface area contributed by atoms with Crippen LogP contribution < -0.4 is 10.6 Å². The maximum absolute atomic E-state index is 12.0. The maximum Gasteiger partial charge on any atom is 0.237 e. The Labute approximate surface area is 118 Å². The molecule has 5 nitrogen and oxygen atoms in total. The summed E-state index contributed by atoms with van der Waals surface area (Å²) in [4.78, 5) is 12.0. The second-order valence-electron chi connectivity index (χ2n) is 4.86. The number of carbonyl (C=O) groups excluding carboxylic acids is 1. The van der Waals surface area contributed by atoms with Crippen LogP contribution in [0.3, 0.4) is 0 Å². The van der Waals surface area contributed by atoms with Gasteiger partial charge in [-0.2, -0.15) is 0 Å². The van der Waals surface area contributed by atoms with Gasteiger partial charge in [0.2, 0.25) is 5.91 Å². The smallest absolute Gasteiger partial charge is 0.237 e. The van der Waals surface area contributed by atoms with E-state index in [1.807, 2.05) is 39.0 Å². The zero-order valence-corrected chi connectivity index (χ0v) is 12.0. The monoisotopic (exact) mass is 276 g/mol. The van der Waals surface area contributed by atoms with Crippen LogP contribution in [0.5, 0.6) is 0 Å². The number of rotatable bonds is 6. The Morgan fingerprint density at radius 2 is 2.10 bits per heavy atom. The number of carbonyl (C=O) groups is 1. The molecule has 0 fully saturated rings. The fourth-order valence-electron chi connectivity index (χ4n) is 1.96. The van der Waals surface area contributed by atoms with Crippen molar-refractivity contribution >= 4 is 5.91 Å². The molecule has 5 heteroatoms. The first-order valence-electron chi connectivity index (χ1n) is 6.68. The third-order valence-electron chi connectivity index (χ3n) is 3.10. The molecular formula is C15H20N2O3. The van der Waals surface area contributed by atoms with Crippen molar-refractivity contribution in [1.29, 1.82) is 0 Å². The molecule has 2 unspecified atom stereocenters. The molecule has 0 aliphatic heterocycles. The third kappa shape index (κ3) is 3.74. The van der Waals surface area contributed by atoms with Crippen LogP contribution in [-0.4, -0.2) is 11.9 Å². The van der Waals surface area contributed by atoms with Crippen molar-refractivity contribution in [3.63, 3.8) is 0 Å². The molecule has 1 amide bonds. The number of hydrogen-bond acceptors (Lipinski definition) is 4. The summed E-state index contributed by atoms with van der Waals surface area (Å²) in [5, 5.41) is 6.02. The van der Waals surface area contributed by atoms with Crippen LogP contribution in [0.2, 0.25) is 0 Å². The number of amides is 1. The Morgan fingerprint density at radius 1 is 1.30 bits per heavy atom. The zero-order chi connectivity index (χ0) is 14.5. The largest absolute Gasteiger partial charge is 0.467 e. The summed E-state index contributed by atoms with van der Waals surface area (Å²) < 4.78 is 10.7. The van der Waals surface area contributed by atoms with E-state index in [1.165, 1.54) is 0 Å². The van der Waals surface area contributed by atoms with Crippen LogP contribution in [-0.2, 0) is 11.3 Å². The van der Waals surface area contributed by atoms with Crippen LogP contribution in [0, 0.1) is 6.92 Å². The summed E-state index contributed by atoms with van der Waals surface area (Å²) in [5.74, 6) is 2.36. The number of furan rings is 2. The number of aryl methyl sites for hydroxylation is 1. The van der Waals surface area contributed by atoms with Crippen molar-refractivity contribution in [2.45, 2.75) is 39.4 Å². The average Bonchev–Trinajstić information content (AvgIpc) is 3.06. The van der Waals surface area contributed by atoms with E-state index in [0.29, 0.717) is 6.54 Å². The molecule has 20 heavy (non-hydrogen) atoms. The van der Waals surface area contributed by atoms with Crippen LogP contribution >= 0.6 is 0 Å². The standard InChI is InChI=1S/C15H20N2O3/c1-10-6-7-14(20-10)11(2)17-12(3)15(18)16-9-13-5-4-8-19-13/h4-8,11-12,17H,9H2,1-3H3,(H,16,18). The van der Waals surface area contributed by atoms with Crippen molar-refractivity contribution in [3.05, 3.63) is 47.8 Å². The molecule has 2 rings (SSSR count). The molecule has 2 N–H and O–H groups in total. The summed E-state index contributed by atoms with van der Waals surface area (Å²) in [6, 6.07) is 7.12. The maximum atomic E-state index is 12.0. The van der Waals surface area contributed by atoms with E-state index < -0.39 is 0 Å². The van der Waals surface area contributed by atoms with Crippen molar-refractivity contribution in [2.75, 3.05) is 0 Å². The molecular weight excluding hydrogens is 256 g/mol. The summed E-state index contributed by atoms with van der Waals surface area (Å²) >= 11 is 0. The molecule has 2 aromatic rings. The van der Waals surface area contributed by atoms with Crippen molar-refractivity contribution < 1.29 is 13.6 Å². The summed E-state index contributed by atoms with van der Waals surface area (Å²) in [7, 11) is 0. The van der Waals surface area contributed by atoms with Crippen molar-refractivity contribution in [3.8, 4) is 0 Å². The van der Waals surface area contributed by atoms with Gasteiger partial charge in [-0.05, 0) is 45.0 Å². The molecule has 0 aromatic carbocycles. The van der Waals surface area contributed by atoms with Gasteiger partial charge in [0.05, 0.1) is 24.9 Å². The lowest BCUT2D eigenvalue weighted by Crippen LogP contribution is -2.42. The van der Waals surface area contributed by atoms with Gasteiger partial charge in [0.1, 0.15) is 17.3 Å². The quantitative estimate of drug-likeness (QED) is 0.850. The normalized spacial score (nSPS) is 13.9. The molecule has 0 aliphatic carbocycles. The Bertz CT molecular complexity index is 545. The van der Waals surface area contributed by atoms with E-state index in [9.17, 15) is 4.79 Å². The second-order valence-corrected chi connectivity index (χ2v) is 4.86. The Kier molecular flexibility index (Phi) is 4.63. The Balaban J connectivity index is 1.81. The van der Waals surface area contributed by atoms with Gasteiger partial charge in [-0.3, -0.25) is 10.1 Å². The summed E-state index contributed by atoms with van der Waals surface area (Å²) in [6.45, 7) is 6.08. The Hall–Kier alpha value is -2.01. The zero-order valence-electron chi connectivity index (χ0n) is 12.0. The van der Waals surface area contributed by atoms with Crippen LogP contribution in [0.1, 0.15) is 37.2 Å². The molecule has 108 valence electrons. The summed E-state index contributed by atoms with van der Waals surface area (Å²) in [6.07, 6.45) is 1.59. The van der Waals surface area contributed by atoms with Gasteiger partial charge in [-0.25, -0.2) is 0 Å².